The molecule has 0 radical (unpaired) electrons. The monoisotopic (exact) mass is 897 g/mol. The van der Waals surface area contributed by atoms with Gasteiger partial charge in [-0.25, -0.2) is 4.57 Å². The van der Waals surface area contributed by atoms with Gasteiger partial charge in [0.1, 0.15) is 43.2 Å². The largest absolute Gasteiger partial charge is 0.472 e. The number of aliphatic hydroxyl groups excluding tert-OH is 6. The first kappa shape index (κ1) is 57.0. The molecule has 0 heterocycles. The van der Waals surface area contributed by atoms with Gasteiger partial charge >= 0.3 is 19.8 Å². The average Bonchev–Trinajstić information content (AvgIpc) is 3.25. The third-order valence-corrected chi connectivity index (χ3v) is 10.8. The van der Waals surface area contributed by atoms with Crippen LogP contribution in [0.15, 0.2) is 85.1 Å². The van der Waals surface area contributed by atoms with Crippen molar-refractivity contribution < 1.29 is 68.2 Å². The van der Waals surface area contributed by atoms with Crippen LogP contribution in [0, 0.1) is 0 Å². The highest BCUT2D eigenvalue weighted by Crippen LogP contribution is 2.47. The Hall–Kier alpha value is -3.01. The number of phosphoric ester groups is 1. The molecule has 1 aliphatic carbocycles. The van der Waals surface area contributed by atoms with Crippen molar-refractivity contribution in [3.63, 3.8) is 0 Å². The number of carbonyl (C=O) groups is 2. The number of hydrogen-bond acceptors (Lipinski definition) is 13. The van der Waals surface area contributed by atoms with Gasteiger partial charge in [0.05, 0.1) is 12.7 Å². The van der Waals surface area contributed by atoms with Crippen molar-refractivity contribution in [1.82, 2.24) is 0 Å². The molecule has 0 aromatic rings. The molecule has 14 nitrogen and oxygen atoms in total. The van der Waals surface area contributed by atoms with E-state index in [0.29, 0.717) is 19.3 Å². The van der Waals surface area contributed by atoms with E-state index in [-0.39, 0.29) is 12.8 Å². The van der Waals surface area contributed by atoms with Gasteiger partial charge in [-0.15, -0.1) is 0 Å². The maximum Gasteiger partial charge on any atom is 0.472 e. The second kappa shape index (κ2) is 36.3. The van der Waals surface area contributed by atoms with Crippen LogP contribution in [0.1, 0.15) is 136 Å². The molecule has 1 rings (SSSR count). The molecule has 1 fully saturated rings. The van der Waals surface area contributed by atoms with Crippen LogP contribution in [0.4, 0.5) is 0 Å². The van der Waals surface area contributed by atoms with E-state index in [0.717, 1.165) is 89.9 Å². The zero-order chi connectivity index (χ0) is 45.9. The Morgan fingerprint density at radius 3 is 1.66 bits per heavy atom. The number of unbranched alkanes of at least 4 members (excludes halogenated alkanes) is 9. The van der Waals surface area contributed by atoms with E-state index in [2.05, 4.69) is 55.5 Å². The SMILES string of the molecule is CC/C=C\C/C=C\C/C=C\C/C=C\CCCCCCC(=O)OC[C@H](COP(=O)(O)OC1[C@H](O)[C@H](O)C(O)[C@H](O)[C@H]1O)OC(=O)CCCCCCC/C=C/C=C/C(O)C/C=C/CC. The lowest BCUT2D eigenvalue weighted by Gasteiger charge is -2.41. The summed E-state index contributed by atoms with van der Waals surface area (Å²) in [5.41, 5.74) is 0. The van der Waals surface area contributed by atoms with Gasteiger partial charge in [-0.05, 0) is 77.0 Å². The molecule has 7 N–H and O–H groups in total. The van der Waals surface area contributed by atoms with E-state index >= 15 is 0 Å². The zero-order valence-electron chi connectivity index (χ0n) is 37.0. The van der Waals surface area contributed by atoms with Crippen molar-refractivity contribution in [2.24, 2.45) is 0 Å². The van der Waals surface area contributed by atoms with Crippen LogP contribution in [0.3, 0.4) is 0 Å². The van der Waals surface area contributed by atoms with Crippen LogP contribution in [-0.2, 0) is 32.7 Å². The fraction of sp³-hybridized carbons (Fsp3) is 0.660. The van der Waals surface area contributed by atoms with Crippen molar-refractivity contribution in [3.8, 4) is 0 Å². The fourth-order valence-corrected chi connectivity index (χ4v) is 7.17. The highest BCUT2D eigenvalue weighted by atomic mass is 31.2. The molecule has 0 bridgehead atoms. The second-order valence-corrected chi connectivity index (χ2v) is 16.7. The second-order valence-electron chi connectivity index (χ2n) is 15.3. The summed E-state index contributed by atoms with van der Waals surface area (Å²) in [4.78, 5) is 35.7. The highest BCUT2D eigenvalue weighted by Gasteiger charge is 2.51. The molecule has 0 amide bonds. The predicted octanol–water partition coefficient (Wildman–Crippen LogP) is 7.47. The van der Waals surface area contributed by atoms with Gasteiger partial charge in [0, 0.05) is 12.8 Å². The molecule has 0 aromatic carbocycles. The van der Waals surface area contributed by atoms with Crippen LogP contribution in [0.5, 0.6) is 0 Å². The lowest BCUT2D eigenvalue weighted by Crippen LogP contribution is -2.64. The van der Waals surface area contributed by atoms with Crippen molar-refractivity contribution in [3.05, 3.63) is 85.1 Å². The minimum atomic E-state index is -5.15. The predicted molar refractivity (Wildman–Crippen MR) is 241 cm³/mol. The smallest absolute Gasteiger partial charge is 0.462 e. The van der Waals surface area contributed by atoms with Gasteiger partial charge in [0.2, 0.25) is 0 Å². The van der Waals surface area contributed by atoms with Crippen LogP contribution in [0.2, 0.25) is 0 Å². The first-order valence-corrected chi connectivity index (χ1v) is 24.0. The van der Waals surface area contributed by atoms with E-state index in [1.807, 2.05) is 37.3 Å². The Kier molecular flexibility index (Phi) is 33.4. The van der Waals surface area contributed by atoms with Crippen LogP contribution >= 0.6 is 7.82 Å². The molecule has 1 aliphatic rings. The average molecular weight is 897 g/mol. The Balaban J connectivity index is 2.53. The number of esters is 2. The zero-order valence-corrected chi connectivity index (χ0v) is 37.9. The number of carbonyl (C=O) groups excluding carboxylic acids is 2. The molecule has 0 aliphatic heterocycles. The van der Waals surface area contributed by atoms with Gasteiger partial charge < -0.3 is 45.0 Å². The number of ether oxygens (including phenoxy) is 2. The number of aliphatic hydroxyl groups is 6. The summed E-state index contributed by atoms with van der Waals surface area (Å²) in [5.74, 6) is -1.19. The van der Waals surface area contributed by atoms with Crippen molar-refractivity contribution in [2.45, 2.75) is 185 Å². The molecular formula is C47H77O14P. The molecule has 15 heteroatoms. The Morgan fingerprint density at radius 2 is 1.06 bits per heavy atom. The summed E-state index contributed by atoms with van der Waals surface area (Å²) in [6.45, 7) is 2.91. The molecule has 1 saturated carbocycles. The van der Waals surface area contributed by atoms with Crippen molar-refractivity contribution in [2.75, 3.05) is 13.2 Å². The lowest BCUT2D eigenvalue weighted by atomic mass is 9.85. The lowest BCUT2D eigenvalue weighted by molar-refractivity contribution is -0.220. The quantitative estimate of drug-likeness (QED) is 0.0108. The van der Waals surface area contributed by atoms with Gasteiger partial charge in [0.25, 0.3) is 0 Å². The number of rotatable bonds is 35. The summed E-state index contributed by atoms with van der Waals surface area (Å²) in [7, 11) is -5.15. The molecule has 0 aromatic heterocycles. The summed E-state index contributed by atoms with van der Waals surface area (Å²) in [5, 5.41) is 60.0. The molecular weight excluding hydrogens is 819 g/mol. The summed E-state index contributed by atoms with van der Waals surface area (Å²) >= 11 is 0. The Bertz CT molecular complexity index is 1420. The Morgan fingerprint density at radius 1 is 0.581 bits per heavy atom. The molecule has 0 spiro atoms. The summed E-state index contributed by atoms with van der Waals surface area (Å²) in [6, 6.07) is 0. The minimum Gasteiger partial charge on any atom is -0.462 e. The van der Waals surface area contributed by atoms with E-state index in [1.54, 1.807) is 6.08 Å². The van der Waals surface area contributed by atoms with E-state index < -0.39 is 81.8 Å². The number of hydrogen-bond donors (Lipinski definition) is 7. The number of allylic oxidation sites excluding steroid dienone is 12. The van der Waals surface area contributed by atoms with Crippen LogP contribution in [-0.4, -0.2) is 110 Å². The standard InChI is InChI=1S/C47H77O14P/c1-3-5-7-8-9-10-11-12-13-14-15-16-17-20-23-26-30-34-40(49)58-36-39(37-59-62(56,57)61-47-45(54)43(52)42(51)44(53)46(47)55)60-41(50)35-31-27-24-21-18-19-22-25-29-33-38(48)32-28-6-4-2/h5-7,9-10,12-13,15-16,22,25,28-29,33,38-39,42-48,51-55H,3-4,8,11,14,17-21,23-24,26-27,30-32,34-37H2,1-2H3,(H,56,57)/b7-5-,10-9-,13-12-,16-15-,25-22+,28-6+,33-29+/t38?,39-,42?,43-,44+,45-,46-,47?/m1/s1. The minimum absolute atomic E-state index is 0.0394. The third kappa shape index (κ3) is 28.6. The highest BCUT2D eigenvalue weighted by molar-refractivity contribution is 7.47. The van der Waals surface area contributed by atoms with Crippen LogP contribution < -0.4 is 0 Å². The fourth-order valence-electron chi connectivity index (χ4n) is 6.19. The molecule has 4 unspecified atom stereocenters. The van der Waals surface area contributed by atoms with E-state index in [9.17, 15) is 49.7 Å². The molecule has 0 saturated heterocycles. The topological polar surface area (TPSA) is 230 Å². The van der Waals surface area contributed by atoms with Gasteiger partial charge in [0.15, 0.2) is 6.10 Å². The molecule has 354 valence electrons. The first-order chi connectivity index (χ1) is 29.8. The maximum absolute atomic E-state index is 12.8. The van der Waals surface area contributed by atoms with E-state index in [4.69, 9.17) is 18.5 Å². The summed E-state index contributed by atoms with van der Waals surface area (Å²) < 4.78 is 33.4. The Labute approximate surface area is 370 Å². The van der Waals surface area contributed by atoms with Gasteiger partial charge in [-0.3, -0.25) is 18.6 Å². The molecule has 9 atom stereocenters. The van der Waals surface area contributed by atoms with Crippen LogP contribution in [0.25, 0.3) is 0 Å². The van der Waals surface area contributed by atoms with Gasteiger partial charge in [-0.1, -0.05) is 131 Å². The van der Waals surface area contributed by atoms with Gasteiger partial charge in [-0.2, -0.15) is 0 Å². The van der Waals surface area contributed by atoms with Crippen molar-refractivity contribution in [1.29, 1.82) is 0 Å². The first-order valence-electron chi connectivity index (χ1n) is 22.5. The van der Waals surface area contributed by atoms with Crippen molar-refractivity contribution >= 4 is 19.8 Å². The summed E-state index contributed by atoms with van der Waals surface area (Å²) in [6.07, 6.45) is 29.6. The normalized spacial score (nSPS) is 23.2. The number of phosphoric acid groups is 1. The maximum atomic E-state index is 12.8. The van der Waals surface area contributed by atoms with E-state index in [1.165, 1.54) is 0 Å². The molecule has 62 heavy (non-hydrogen) atoms. The third-order valence-electron chi connectivity index (χ3n) is 9.81.